The van der Waals surface area contributed by atoms with Crippen LogP contribution in [0, 0.1) is 0 Å². The van der Waals surface area contributed by atoms with E-state index in [0.717, 1.165) is 10.9 Å². The van der Waals surface area contributed by atoms with Crippen LogP contribution in [0.1, 0.15) is 5.82 Å². The van der Waals surface area contributed by atoms with Crippen molar-refractivity contribution in [3.8, 4) is 0 Å². The third-order valence-electron chi connectivity index (χ3n) is 1.71. The van der Waals surface area contributed by atoms with Crippen molar-refractivity contribution in [2.75, 3.05) is 6.26 Å². The first kappa shape index (κ1) is 8.01. The Bertz CT molecular complexity index is 320. The summed E-state index contributed by atoms with van der Waals surface area (Å²) in [6.07, 6.45) is 7.66. The van der Waals surface area contributed by atoms with Gasteiger partial charge >= 0.3 is 0 Å². The fourth-order valence-corrected chi connectivity index (χ4v) is 2.02. The Morgan fingerprint density at radius 1 is 1.67 bits per heavy atom. The summed E-state index contributed by atoms with van der Waals surface area (Å²) in [5.74, 6) is 0.983. The number of hydrogen-bond acceptors (Lipinski definition) is 3. The second-order valence-electron chi connectivity index (χ2n) is 2.44. The maximum Gasteiger partial charge on any atom is 0.134 e. The van der Waals surface area contributed by atoms with Crippen molar-refractivity contribution in [3.05, 3.63) is 24.4 Å². The molecule has 3 nitrogen and oxygen atoms in total. The second-order valence-corrected chi connectivity index (χ2v) is 3.70. The molecular formula is C7H8ClN3S. The summed E-state index contributed by atoms with van der Waals surface area (Å²) >= 11 is 7.52. The van der Waals surface area contributed by atoms with Gasteiger partial charge in [-0.2, -0.15) is 0 Å². The molecule has 0 saturated carbocycles. The molecule has 2 rings (SSSR count). The number of nitrogens with zero attached hydrogens (tertiary/aromatic N) is 3. The van der Waals surface area contributed by atoms with E-state index in [0.29, 0.717) is 6.54 Å². The minimum absolute atomic E-state index is 0.665. The molecule has 12 heavy (non-hydrogen) atoms. The van der Waals surface area contributed by atoms with E-state index in [-0.39, 0.29) is 0 Å². The standard InChI is InChI=1S/C7H8ClN3S/c1-12-7-5-10(8)4-6-9-2-3-11(6)7/h2-3,5H,4H2,1H3. The summed E-state index contributed by atoms with van der Waals surface area (Å²) in [5.41, 5.74) is 0. The van der Waals surface area contributed by atoms with Crippen LogP contribution in [0.5, 0.6) is 0 Å². The molecule has 1 aromatic heterocycles. The van der Waals surface area contributed by atoms with Crippen molar-refractivity contribution in [2.45, 2.75) is 6.54 Å². The summed E-state index contributed by atoms with van der Waals surface area (Å²) in [6, 6.07) is 0. The lowest BCUT2D eigenvalue weighted by atomic mass is 10.5. The van der Waals surface area contributed by atoms with Crippen molar-refractivity contribution in [1.29, 1.82) is 0 Å². The molecule has 1 aliphatic heterocycles. The summed E-state index contributed by atoms with van der Waals surface area (Å²) in [7, 11) is 0. The van der Waals surface area contributed by atoms with Crippen LogP contribution in [0.2, 0.25) is 0 Å². The van der Waals surface area contributed by atoms with Crippen LogP contribution in [-0.2, 0) is 6.54 Å². The molecule has 1 aromatic rings. The highest BCUT2D eigenvalue weighted by Crippen LogP contribution is 2.26. The van der Waals surface area contributed by atoms with Crippen molar-refractivity contribution >= 4 is 28.6 Å². The molecule has 0 fully saturated rings. The second kappa shape index (κ2) is 3.03. The predicted molar refractivity (Wildman–Crippen MR) is 51.4 cm³/mol. The maximum atomic E-state index is 5.87. The summed E-state index contributed by atoms with van der Waals surface area (Å²) in [4.78, 5) is 4.19. The van der Waals surface area contributed by atoms with Crippen LogP contribution in [-0.4, -0.2) is 20.2 Å². The highest BCUT2D eigenvalue weighted by molar-refractivity contribution is 8.07. The van der Waals surface area contributed by atoms with Crippen molar-refractivity contribution in [3.63, 3.8) is 0 Å². The molecule has 2 heterocycles. The fourth-order valence-electron chi connectivity index (χ4n) is 1.17. The van der Waals surface area contributed by atoms with Gasteiger partial charge in [0.1, 0.15) is 5.82 Å². The molecule has 0 unspecified atom stereocenters. The Morgan fingerprint density at radius 2 is 2.50 bits per heavy atom. The van der Waals surface area contributed by atoms with E-state index in [2.05, 4.69) is 4.98 Å². The number of aromatic nitrogens is 2. The zero-order chi connectivity index (χ0) is 8.55. The summed E-state index contributed by atoms with van der Waals surface area (Å²) in [6.45, 7) is 0.665. The van der Waals surface area contributed by atoms with Gasteiger partial charge in [0.15, 0.2) is 0 Å². The van der Waals surface area contributed by atoms with Crippen molar-refractivity contribution < 1.29 is 0 Å². The Balaban J connectivity index is 2.44. The van der Waals surface area contributed by atoms with Gasteiger partial charge in [-0.25, -0.2) is 4.98 Å². The molecule has 0 aliphatic carbocycles. The lowest BCUT2D eigenvalue weighted by Crippen LogP contribution is -2.16. The molecule has 1 aliphatic rings. The van der Waals surface area contributed by atoms with E-state index in [1.54, 1.807) is 22.4 Å². The number of thioether (sulfide) groups is 1. The third kappa shape index (κ3) is 1.21. The molecule has 0 amide bonds. The quantitative estimate of drug-likeness (QED) is 0.649. The first-order valence-corrected chi connectivity index (χ1v) is 5.08. The van der Waals surface area contributed by atoms with Crippen molar-refractivity contribution in [1.82, 2.24) is 14.0 Å². The smallest absolute Gasteiger partial charge is 0.134 e. The molecule has 0 N–H and O–H groups in total. The van der Waals surface area contributed by atoms with E-state index >= 15 is 0 Å². The SMILES string of the molecule is CSC1=CN(Cl)Cc2nccn21. The molecule has 0 atom stereocenters. The first-order chi connectivity index (χ1) is 5.81. The van der Waals surface area contributed by atoms with Crippen molar-refractivity contribution in [2.24, 2.45) is 0 Å². The molecule has 0 radical (unpaired) electrons. The number of imidazole rings is 1. The van der Waals surface area contributed by atoms with Crippen LogP contribution in [0.3, 0.4) is 0 Å². The Kier molecular flexibility index (Phi) is 2.02. The van der Waals surface area contributed by atoms with E-state index < -0.39 is 0 Å². The Hall–Kier alpha value is -0.610. The van der Waals surface area contributed by atoms with Crippen LogP contribution >= 0.6 is 23.5 Å². The Labute approximate surface area is 80.1 Å². The van der Waals surface area contributed by atoms with Crippen LogP contribution in [0.4, 0.5) is 0 Å². The maximum absolute atomic E-state index is 5.87. The summed E-state index contributed by atoms with van der Waals surface area (Å²) in [5, 5.41) is 1.10. The average molecular weight is 202 g/mol. The van der Waals surface area contributed by atoms with Gasteiger partial charge in [0.2, 0.25) is 0 Å². The van der Waals surface area contributed by atoms with Gasteiger partial charge in [0, 0.05) is 30.4 Å². The Morgan fingerprint density at radius 3 is 3.25 bits per heavy atom. The molecular weight excluding hydrogens is 194 g/mol. The van der Waals surface area contributed by atoms with E-state index in [9.17, 15) is 0 Å². The topological polar surface area (TPSA) is 21.1 Å². The molecule has 0 bridgehead atoms. The van der Waals surface area contributed by atoms with Gasteiger partial charge < -0.3 is 0 Å². The number of hydrogen-bond donors (Lipinski definition) is 0. The lowest BCUT2D eigenvalue weighted by molar-refractivity contribution is 0.552. The van der Waals surface area contributed by atoms with E-state index in [1.165, 1.54) is 0 Å². The van der Waals surface area contributed by atoms with E-state index in [1.807, 2.05) is 23.2 Å². The van der Waals surface area contributed by atoms with Crippen LogP contribution in [0.15, 0.2) is 18.6 Å². The van der Waals surface area contributed by atoms with Gasteiger partial charge in [-0.1, -0.05) is 0 Å². The fraction of sp³-hybridized carbons (Fsp3) is 0.286. The van der Waals surface area contributed by atoms with Crippen LogP contribution < -0.4 is 0 Å². The highest BCUT2D eigenvalue weighted by atomic mass is 35.5. The molecule has 5 heteroatoms. The first-order valence-electron chi connectivity index (χ1n) is 3.52. The van der Waals surface area contributed by atoms with Gasteiger partial charge in [0.25, 0.3) is 0 Å². The number of rotatable bonds is 1. The van der Waals surface area contributed by atoms with E-state index in [4.69, 9.17) is 11.8 Å². The summed E-state index contributed by atoms with van der Waals surface area (Å²) < 4.78 is 3.66. The van der Waals surface area contributed by atoms with Gasteiger partial charge in [-0.05, 0) is 6.26 Å². The van der Waals surface area contributed by atoms with Gasteiger partial charge in [-0.15, -0.1) is 11.8 Å². The average Bonchev–Trinajstić information content (AvgIpc) is 2.50. The zero-order valence-electron chi connectivity index (χ0n) is 6.57. The van der Waals surface area contributed by atoms with Gasteiger partial charge in [0.05, 0.1) is 11.6 Å². The molecule has 64 valence electrons. The highest BCUT2D eigenvalue weighted by Gasteiger charge is 2.14. The normalized spacial score (nSPS) is 15.8. The number of halogens is 1. The monoisotopic (exact) mass is 201 g/mol. The third-order valence-corrected chi connectivity index (χ3v) is 2.64. The number of fused-ring (bicyclic) bond motifs is 1. The minimum Gasteiger partial charge on any atom is -0.295 e. The zero-order valence-corrected chi connectivity index (χ0v) is 8.14. The lowest BCUT2D eigenvalue weighted by Gasteiger charge is -2.20. The van der Waals surface area contributed by atoms with Crippen LogP contribution in [0.25, 0.3) is 5.03 Å². The predicted octanol–water partition coefficient (Wildman–Crippen LogP) is 1.97. The largest absolute Gasteiger partial charge is 0.295 e. The molecule has 0 aromatic carbocycles. The van der Waals surface area contributed by atoms with Gasteiger partial charge in [-0.3, -0.25) is 8.99 Å². The minimum atomic E-state index is 0.665. The molecule has 0 saturated heterocycles. The molecule has 0 spiro atoms.